The minimum Gasteiger partial charge on any atom is -0.306 e. The SMILES string of the molecule is CN1CCC(c2cccnn2)C1. The Balaban J connectivity index is 2.11. The third-order valence-corrected chi connectivity index (χ3v) is 2.40. The molecule has 3 nitrogen and oxygen atoms in total. The first-order valence-electron chi connectivity index (χ1n) is 4.32. The third kappa shape index (κ3) is 1.46. The Kier molecular flexibility index (Phi) is 2.04. The van der Waals surface area contributed by atoms with Crippen LogP contribution in [0.3, 0.4) is 0 Å². The molecule has 0 saturated carbocycles. The fourth-order valence-electron chi connectivity index (χ4n) is 1.71. The van der Waals surface area contributed by atoms with Gasteiger partial charge in [-0.2, -0.15) is 10.2 Å². The predicted octanol–water partition coefficient (Wildman–Crippen LogP) is 0.896. The Morgan fingerprint density at radius 3 is 3.08 bits per heavy atom. The van der Waals surface area contributed by atoms with Gasteiger partial charge >= 0.3 is 0 Å². The van der Waals surface area contributed by atoms with Crippen LogP contribution in [0.15, 0.2) is 18.3 Å². The summed E-state index contributed by atoms with van der Waals surface area (Å²) < 4.78 is 0. The van der Waals surface area contributed by atoms with E-state index in [4.69, 9.17) is 0 Å². The van der Waals surface area contributed by atoms with Gasteiger partial charge in [0, 0.05) is 18.7 Å². The van der Waals surface area contributed by atoms with Crippen LogP contribution in [0.25, 0.3) is 0 Å². The van der Waals surface area contributed by atoms with Crippen LogP contribution in [0.5, 0.6) is 0 Å². The van der Waals surface area contributed by atoms with Crippen molar-refractivity contribution < 1.29 is 0 Å². The van der Waals surface area contributed by atoms with Crippen LogP contribution in [0.2, 0.25) is 0 Å². The fraction of sp³-hybridized carbons (Fsp3) is 0.556. The van der Waals surface area contributed by atoms with Crippen molar-refractivity contribution in [3.63, 3.8) is 0 Å². The lowest BCUT2D eigenvalue weighted by molar-refractivity contribution is 0.410. The van der Waals surface area contributed by atoms with Gasteiger partial charge in [0.25, 0.3) is 0 Å². The molecule has 1 aromatic heterocycles. The zero-order valence-electron chi connectivity index (χ0n) is 7.27. The number of likely N-dealkylation sites (tertiary alicyclic amines) is 1. The van der Waals surface area contributed by atoms with Crippen molar-refractivity contribution in [2.45, 2.75) is 12.3 Å². The lowest BCUT2D eigenvalue weighted by atomic mass is 10.1. The second-order valence-corrected chi connectivity index (χ2v) is 3.40. The van der Waals surface area contributed by atoms with Crippen LogP contribution < -0.4 is 0 Å². The molecule has 1 fully saturated rings. The van der Waals surface area contributed by atoms with E-state index >= 15 is 0 Å². The van der Waals surface area contributed by atoms with Crippen molar-refractivity contribution in [3.05, 3.63) is 24.0 Å². The highest BCUT2D eigenvalue weighted by Crippen LogP contribution is 2.23. The molecule has 1 aliphatic rings. The Hall–Kier alpha value is -0.960. The first-order chi connectivity index (χ1) is 5.86. The van der Waals surface area contributed by atoms with Gasteiger partial charge < -0.3 is 4.90 Å². The van der Waals surface area contributed by atoms with Gasteiger partial charge in [-0.25, -0.2) is 0 Å². The Morgan fingerprint density at radius 1 is 1.58 bits per heavy atom. The summed E-state index contributed by atoms with van der Waals surface area (Å²) >= 11 is 0. The summed E-state index contributed by atoms with van der Waals surface area (Å²) in [5, 5.41) is 8.00. The standard InChI is InChI=1S/C9H13N3/c1-12-6-4-8(7-12)9-3-2-5-10-11-9/h2-3,5,8H,4,6-7H2,1H3. The van der Waals surface area contributed by atoms with Gasteiger partial charge in [-0.15, -0.1) is 0 Å². The average molecular weight is 163 g/mol. The monoisotopic (exact) mass is 163 g/mol. The molecule has 1 atom stereocenters. The highest BCUT2D eigenvalue weighted by atomic mass is 15.1. The molecule has 0 bridgehead atoms. The third-order valence-electron chi connectivity index (χ3n) is 2.40. The first-order valence-corrected chi connectivity index (χ1v) is 4.32. The topological polar surface area (TPSA) is 29.0 Å². The molecule has 0 N–H and O–H groups in total. The van der Waals surface area contributed by atoms with E-state index in [0.717, 1.165) is 12.2 Å². The van der Waals surface area contributed by atoms with Gasteiger partial charge in [0.1, 0.15) is 0 Å². The van der Waals surface area contributed by atoms with Crippen LogP contribution in [0.4, 0.5) is 0 Å². The maximum atomic E-state index is 4.12. The number of likely N-dealkylation sites (N-methyl/N-ethyl adjacent to an activating group) is 1. The molecule has 0 aliphatic carbocycles. The van der Waals surface area contributed by atoms with Gasteiger partial charge in [-0.1, -0.05) is 0 Å². The van der Waals surface area contributed by atoms with E-state index in [9.17, 15) is 0 Å². The van der Waals surface area contributed by atoms with E-state index < -0.39 is 0 Å². The summed E-state index contributed by atoms with van der Waals surface area (Å²) in [6, 6.07) is 4.03. The molecule has 0 spiro atoms. The fourth-order valence-corrected chi connectivity index (χ4v) is 1.71. The lowest BCUT2D eigenvalue weighted by Crippen LogP contribution is -2.13. The average Bonchev–Trinajstić information content (AvgIpc) is 2.54. The second kappa shape index (κ2) is 3.19. The number of hydrogen-bond donors (Lipinski definition) is 0. The first kappa shape index (κ1) is 7.68. The molecule has 12 heavy (non-hydrogen) atoms. The van der Waals surface area contributed by atoms with Crippen LogP contribution in [-0.4, -0.2) is 35.2 Å². The van der Waals surface area contributed by atoms with E-state index in [1.165, 1.54) is 13.0 Å². The summed E-state index contributed by atoms with van der Waals surface area (Å²) in [4.78, 5) is 2.33. The molecule has 1 aliphatic heterocycles. The van der Waals surface area contributed by atoms with E-state index in [2.05, 4.69) is 28.2 Å². The Labute approximate surface area is 72.4 Å². The van der Waals surface area contributed by atoms with Crippen molar-refractivity contribution in [3.8, 4) is 0 Å². The predicted molar refractivity (Wildman–Crippen MR) is 46.9 cm³/mol. The van der Waals surface area contributed by atoms with E-state index in [-0.39, 0.29) is 0 Å². The molecule has 1 saturated heterocycles. The number of aromatic nitrogens is 2. The minimum atomic E-state index is 0.601. The zero-order chi connectivity index (χ0) is 8.39. The number of hydrogen-bond acceptors (Lipinski definition) is 3. The Morgan fingerprint density at radius 2 is 2.50 bits per heavy atom. The largest absolute Gasteiger partial charge is 0.306 e. The van der Waals surface area contributed by atoms with Crippen molar-refractivity contribution in [2.24, 2.45) is 0 Å². The van der Waals surface area contributed by atoms with Gasteiger partial charge in [0.15, 0.2) is 0 Å². The van der Waals surface area contributed by atoms with Crippen LogP contribution in [0.1, 0.15) is 18.0 Å². The normalized spacial score (nSPS) is 24.6. The molecule has 0 amide bonds. The molecule has 64 valence electrons. The summed E-state index contributed by atoms with van der Waals surface area (Å²) in [6.07, 6.45) is 2.94. The van der Waals surface area contributed by atoms with Gasteiger partial charge in [-0.3, -0.25) is 0 Å². The molecule has 1 aromatic rings. The smallest absolute Gasteiger partial charge is 0.0675 e. The lowest BCUT2D eigenvalue weighted by Gasteiger charge is -2.07. The number of rotatable bonds is 1. The summed E-state index contributed by atoms with van der Waals surface area (Å²) in [5.41, 5.74) is 1.14. The minimum absolute atomic E-state index is 0.601. The van der Waals surface area contributed by atoms with Crippen molar-refractivity contribution in [2.75, 3.05) is 20.1 Å². The maximum absolute atomic E-state index is 4.12. The van der Waals surface area contributed by atoms with Crippen molar-refractivity contribution >= 4 is 0 Å². The Bertz CT molecular complexity index is 247. The molecule has 0 radical (unpaired) electrons. The van der Waals surface area contributed by atoms with Crippen LogP contribution >= 0.6 is 0 Å². The van der Waals surface area contributed by atoms with E-state index in [1.54, 1.807) is 6.20 Å². The molecule has 2 rings (SSSR count). The van der Waals surface area contributed by atoms with Gasteiger partial charge in [-0.05, 0) is 32.1 Å². The molecule has 1 unspecified atom stereocenters. The molecule has 2 heterocycles. The van der Waals surface area contributed by atoms with Gasteiger partial charge in [0.05, 0.1) is 5.69 Å². The van der Waals surface area contributed by atoms with Crippen molar-refractivity contribution in [1.29, 1.82) is 0 Å². The van der Waals surface area contributed by atoms with Crippen LogP contribution in [-0.2, 0) is 0 Å². The van der Waals surface area contributed by atoms with Crippen LogP contribution in [0, 0.1) is 0 Å². The number of nitrogens with zero attached hydrogens (tertiary/aromatic N) is 3. The maximum Gasteiger partial charge on any atom is 0.0675 e. The molecular weight excluding hydrogens is 150 g/mol. The highest BCUT2D eigenvalue weighted by Gasteiger charge is 2.21. The molecule has 0 aromatic carbocycles. The van der Waals surface area contributed by atoms with E-state index in [0.29, 0.717) is 5.92 Å². The van der Waals surface area contributed by atoms with E-state index in [1.807, 2.05) is 6.07 Å². The molecular formula is C9H13N3. The quantitative estimate of drug-likeness (QED) is 0.616. The highest BCUT2D eigenvalue weighted by molar-refractivity contribution is 5.08. The summed E-state index contributed by atoms with van der Waals surface area (Å²) in [7, 11) is 2.15. The summed E-state index contributed by atoms with van der Waals surface area (Å²) in [6.45, 7) is 2.31. The summed E-state index contributed by atoms with van der Waals surface area (Å²) in [5.74, 6) is 0.601. The second-order valence-electron chi connectivity index (χ2n) is 3.40. The molecule has 3 heteroatoms. The van der Waals surface area contributed by atoms with Crippen molar-refractivity contribution in [1.82, 2.24) is 15.1 Å². The van der Waals surface area contributed by atoms with Gasteiger partial charge in [0.2, 0.25) is 0 Å². The zero-order valence-corrected chi connectivity index (χ0v) is 7.27.